The number of nitrogens with zero attached hydrogens (tertiary/aromatic N) is 4. The second-order valence-corrected chi connectivity index (χ2v) is 8.63. The maximum atomic E-state index is 13.5. The van der Waals surface area contributed by atoms with Crippen LogP contribution in [0, 0.1) is 0 Å². The fourth-order valence-electron chi connectivity index (χ4n) is 3.61. The van der Waals surface area contributed by atoms with Crippen molar-refractivity contribution in [3.63, 3.8) is 0 Å². The van der Waals surface area contributed by atoms with Crippen LogP contribution in [-0.2, 0) is 6.54 Å². The first-order valence-electron chi connectivity index (χ1n) is 8.51. The van der Waals surface area contributed by atoms with Crippen molar-refractivity contribution in [2.24, 2.45) is 0 Å². The standard InChI is InChI=1S/C18H15Cl3N4O2S/c1-3-24-16(26)14(9-4-10(19)6-11(20)5-9)17(27)25-12(7-23(2)18(24)25)15-22-13(21)8-28-15/h4-6,8,12H,3,7H2,1-2H3/p+1. The highest BCUT2D eigenvalue weighted by molar-refractivity contribution is 7.10. The molecule has 10 heteroatoms. The summed E-state index contributed by atoms with van der Waals surface area (Å²) in [7, 11) is 1.88. The lowest BCUT2D eigenvalue weighted by Crippen LogP contribution is -2.44. The minimum Gasteiger partial charge on any atom is -0.483 e. The molecule has 0 saturated heterocycles. The smallest absolute Gasteiger partial charge is 0.366 e. The molecule has 3 heterocycles. The summed E-state index contributed by atoms with van der Waals surface area (Å²) in [4.78, 5) is 19.8. The third-order valence-electron chi connectivity index (χ3n) is 4.72. The third kappa shape index (κ3) is 3.06. The fraction of sp³-hybridized carbons (Fsp3) is 0.278. The summed E-state index contributed by atoms with van der Waals surface area (Å²) in [5, 5.41) is 14.6. The molecule has 28 heavy (non-hydrogen) atoms. The molecule has 1 atom stereocenters. The Hall–Kier alpha value is -1.80. The van der Waals surface area contributed by atoms with E-state index in [2.05, 4.69) is 4.98 Å². The van der Waals surface area contributed by atoms with E-state index in [1.54, 1.807) is 32.7 Å². The zero-order valence-corrected chi connectivity index (χ0v) is 18.1. The molecular formula is C18H16Cl3N4O2S+. The van der Waals surface area contributed by atoms with Gasteiger partial charge in [-0.25, -0.2) is 14.3 Å². The number of hydrogen-bond donors (Lipinski definition) is 1. The Kier molecular flexibility index (Phi) is 5.03. The number of anilines is 1. The van der Waals surface area contributed by atoms with Gasteiger partial charge < -0.3 is 5.11 Å². The van der Waals surface area contributed by atoms with Crippen LogP contribution in [0.3, 0.4) is 0 Å². The van der Waals surface area contributed by atoms with Crippen molar-refractivity contribution in [1.82, 2.24) is 9.55 Å². The molecule has 0 radical (unpaired) electrons. The number of benzene rings is 1. The predicted molar refractivity (Wildman–Crippen MR) is 112 cm³/mol. The normalized spacial score (nSPS) is 15.9. The lowest BCUT2D eigenvalue weighted by molar-refractivity contribution is -0.689. The summed E-state index contributed by atoms with van der Waals surface area (Å²) in [6.45, 7) is 2.91. The summed E-state index contributed by atoms with van der Waals surface area (Å²) < 4.78 is 3.35. The first-order valence-corrected chi connectivity index (χ1v) is 10.5. The predicted octanol–water partition coefficient (Wildman–Crippen LogP) is 3.98. The van der Waals surface area contributed by atoms with E-state index in [9.17, 15) is 9.90 Å². The second-order valence-electron chi connectivity index (χ2n) is 6.48. The van der Waals surface area contributed by atoms with E-state index >= 15 is 0 Å². The average molecular weight is 459 g/mol. The number of fused-ring (bicyclic) bond motifs is 1. The highest BCUT2D eigenvalue weighted by atomic mass is 35.5. The molecule has 0 aliphatic carbocycles. The minimum absolute atomic E-state index is 0.123. The van der Waals surface area contributed by atoms with Gasteiger partial charge in [0.25, 0.3) is 5.88 Å². The van der Waals surface area contributed by atoms with Gasteiger partial charge in [-0.1, -0.05) is 34.8 Å². The molecule has 4 rings (SSSR count). The Bertz CT molecular complexity index is 1120. The van der Waals surface area contributed by atoms with Crippen LogP contribution in [0.2, 0.25) is 15.2 Å². The number of aromatic nitrogens is 3. The van der Waals surface area contributed by atoms with Gasteiger partial charge in [-0.15, -0.1) is 11.3 Å². The molecule has 0 amide bonds. The van der Waals surface area contributed by atoms with Crippen LogP contribution in [0.4, 0.5) is 5.95 Å². The van der Waals surface area contributed by atoms with Crippen LogP contribution in [0.15, 0.2) is 28.4 Å². The van der Waals surface area contributed by atoms with Crippen molar-refractivity contribution in [1.29, 1.82) is 0 Å². The Labute approximate surface area is 180 Å². The van der Waals surface area contributed by atoms with Crippen LogP contribution < -0.4 is 15.0 Å². The van der Waals surface area contributed by atoms with Crippen molar-refractivity contribution in [2.75, 3.05) is 18.5 Å². The van der Waals surface area contributed by atoms with Gasteiger partial charge in [-0.05, 0) is 30.7 Å². The van der Waals surface area contributed by atoms with Crippen molar-refractivity contribution >= 4 is 52.1 Å². The van der Waals surface area contributed by atoms with Crippen molar-refractivity contribution < 1.29 is 9.67 Å². The van der Waals surface area contributed by atoms with E-state index in [-0.39, 0.29) is 23.0 Å². The van der Waals surface area contributed by atoms with E-state index in [0.29, 0.717) is 39.8 Å². The average Bonchev–Trinajstić information content (AvgIpc) is 3.19. The minimum atomic E-state index is -0.337. The number of hydrogen-bond acceptors (Lipinski definition) is 5. The summed E-state index contributed by atoms with van der Waals surface area (Å²) in [5.74, 6) is 0.486. The Morgan fingerprint density at radius 3 is 2.54 bits per heavy atom. The van der Waals surface area contributed by atoms with Crippen molar-refractivity contribution in [2.45, 2.75) is 19.5 Å². The highest BCUT2D eigenvalue weighted by Gasteiger charge is 2.42. The topological polar surface area (TPSA) is 62.2 Å². The van der Waals surface area contributed by atoms with E-state index in [1.807, 2.05) is 18.9 Å². The Balaban J connectivity index is 2.04. The zero-order valence-electron chi connectivity index (χ0n) is 15.0. The lowest BCUT2D eigenvalue weighted by atomic mass is 10.1. The van der Waals surface area contributed by atoms with Gasteiger partial charge >= 0.3 is 11.5 Å². The molecule has 1 aliphatic rings. The zero-order chi connectivity index (χ0) is 20.2. The summed E-state index contributed by atoms with van der Waals surface area (Å²) in [6, 6.07) is 4.50. The highest BCUT2D eigenvalue weighted by Crippen LogP contribution is 2.36. The van der Waals surface area contributed by atoms with Crippen LogP contribution in [-0.4, -0.2) is 28.3 Å². The van der Waals surface area contributed by atoms with Crippen LogP contribution in [0.25, 0.3) is 11.1 Å². The van der Waals surface area contributed by atoms with Crippen LogP contribution >= 0.6 is 46.1 Å². The van der Waals surface area contributed by atoms with Gasteiger partial charge in [0, 0.05) is 15.4 Å². The van der Waals surface area contributed by atoms with Gasteiger partial charge in [0.1, 0.15) is 22.3 Å². The molecule has 0 spiro atoms. The summed E-state index contributed by atoms with van der Waals surface area (Å²) >= 11 is 19.7. The Morgan fingerprint density at radius 2 is 1.96 bits per heavy atom. The monoisotopic (exact) mass is 457 g/mol. The quantitative estimate of drug-likeness (QED) is 0.603. The largest absolute Gasteiger partial charge is 0.483 e. The van der Waals surface area contributed by atoms with Gasteiger partial charge in [0.05, 0.1) is 13.6 Å². The van der Waals surface area contributed by atoms with Gasteiger partial charge in [-0.3, -0.25) is 4.90 Å². The molecule has 1 aromatic carbocycles. The molecule has 6 nitrogen and oxygen atoms in total. The van der Waals surface area contributed by atoms with Crippen LogP contribution in [0.5, 0.6) is 5.88 Å². The molecule has 1 N–H and O–H groups in total. The molecule has 0 bridgehead atoms. The molecule has 2 aromatic heterocycles. The number of halogens is 3. The van der Waals surface area contributed by atoms with Gasteiger partial charge in [-0.2, -0.15) is 4.57 Å². The maximum Gasteiger partial charge on any atom is 0.366 e. The number of thiazole rings is 1. The number of rotatable bonds is 3. The van der Waals surface area contributed by atoms with Crippen molar-refractivity contribution in [3.05, 3.63) is 54.1 Å². The second kappa shape index (κ2) is 7.22. The van der Waals surface area contributed by atoms with Crippen molar-refractivity contribution in [3.8, 4) is 17.0 Å². The van der Waals surface area contributed by atoms with E-state index in [1.165, 1.54) is 11.3 Å². The molecule has 146 valence electrons. The SMILES string of the molecule is CC[n+]1c(O)c(-c2cc(Cl)cc(Cl)c2)c(=O)n2c1N(C)CC2c1nc(Cl)cs1. The number of likely N-dealkylation sites (N-methyl/N-ethyl adjacent to an activating group) is 1. The Morgan fingerprint density at radius 1 is 1.29 bits per heavy atom. The van der Waals surface area contributed by atoms with Crippen LogP contribution in [0.1, 0.15) is 18.0 Å². The molecule has 0 saturated carbocycles. The summed E-state index contributed by atoms with van der Waals surface area (Å²) in [6.07, 6.45) is 0. The third-order valence-corrected chi connectivity index (χ3v) is 6.42. The molecule has 1 aliphatic heterocycles. The lowest BCUT2D eigenvalue weighted by Gasteiger charge is -2.14. The molecule has 1 unspecified atom stereocenters. The first-order chi connectivity index (χ1) is 13.3. The van der Waals surface area contributed by atoms with Gasteiger partial charge in [0.15, 0.2) is 6.04 Å². The first kappa shape index (κ1) is 19.5. The molecule has 0 fully saturated rings. The fourth-order valence-corrected chi connectivity index (χ4v) is 5.17. The molecular weight excluding hydrogens is 443 g/mol. The van der Waals surface area contributed by atoms with E-state index in [4.69, 9.17) is 34.8 Å². The summed E-state index contributed by atoms with van der Waals surface area (Å²) in [5.41, 5.74) is 0.275. The maximum absolute atomic E-state index is 13.5. The number of aromatic hydroxyl groups is 1. The van der Waals surface area contributed by atoms with E-state index in [0.717, 1.165) is 5.01 Å². The van der Waals surface area contributed by atoms with Gasteiger partial charge in [0.2, 0.25) is 0 Å². The van der Waals surface area contributed by atoms with E-state index < -0.39 is 0 Å². The molecule has 3 aromatic rings.